The maximum Gasteiger partial charge on any atom is 0.223 e. The van der Waals surface area contributed by atoms with Crippen LogP contribution >= 0.6 is 0 Å². The zero-order valence-electron chi connectivity index (χ0n) is 7.18. The van der Waals surface area contributed by atoms with E-state index in [9.17, 15) is 4.79 Å². The molecule has 0 aromatic heterocycles. The Hall–Kier alpha value is -0.443. The summed E-state index contributed by atoms with van der Waals surface area (Å²) in [4.78, 5) is 11.2. The van der Waals surface area contributed by atoms with Crippen molar-refractivity contribution >= 4 is 20.0 Å². The van der Waals surface area contributed by atoms with Gasteiger partial charge in [-0.05, 0) is 18.9 Å². The number of hydrogen-bond acceptors (Lipinski definition) is 1. The number of rotatable bonds is 2. The van der Waals surface area contributed by atoms with E-state index in [1.807, 2.05) is 0 Å². The number of nitrogens with one attached hydrogen (secondary N) is 1. The van der Waals surface area contributed by atoms with Gasteiger partial charge >= 0.3 is 0 Å². The predicted molar refractivity (Wildman–Crippen MR) is 49.3 cm³/mol. The monoisotopic (exact) mass is 169 g/mol. The highest BCUT2D eigenvalue weighted by Gasteiger charge is 2.18. The van der Waals surface area contributed by atoms with Crippen molar-refractivity contribution in [1.82, 2.24) is 5.32 Å². The van der Waals surface area contributed by atoms with Gasteiger partial charge in [-0.2, -0.15) is 0 Å². The number of hydrogen-bond donors (Lipinski definition) is 1. The van der Waals surface area contributed by atoms with E-state index in [1.165, 1.54) is 18.9 Å². The van der Waals surface area contributed by atoms with Gasteiger partial charge in [-0.1, -0.05) is 6.92 Å². The molecule has 0 fully saturated rings. The van der Waals surface area contributed by atoms with Crippen LogP contribution in [0.3, 0.4) is 0 Å². The molecular weight excluding hydrogens is 154 g/mol. The molecule has 1 amide bonds. The molecule has 1 aliphatic rings. The summed E-state index contributed by atoms with van der Waals surface area (Å²) < 4.78 is 0. The van der Waals surface area contributed by atoms with E-state index >= 15 is 0 Å². The lowest BCUT2D eigenvalue weighted by atomic mass is 10.4. The highest BCUT2D eigenvalue weighted by Crippen LogP contribution is 2.15. The van der Waals surface area contributed by atoms with Gasteiger partial charge in [-0.25, -0.2) is 0 Å². The van der Waals surface area contributed by atoms with Crippen LogP contribution in [-0.2, 0) is 4.79 Å². The van der Waals surface area contributed by atoms with Crippen LogP contribution < -0.4 is 5.32 Å². The van der Waals surface area contributed by atoms with Gasteiger partial charge < -0.3 is 5.32 Å². The van der Waals surface area contributed by atoms with Crippen LogP contribution in [0.15, 0.2) is 0 Å². The van der Waals surface area contributed by atoms with Crippen molar-refractivity contribution in [1.29, 1.82) is 0 Å². The summed E-state index contributed by atoms with van der Waals surface area (Å²) >= 11 is 0. The van der Waals surface area contributed by atoms with Gasteiger partial charge in [0, 0.05) is 21.0 Å². The van der Waals surface area contributed by atoms with E-state index in [0.717, 1.165) is 0 Å². The molecule has 1 heterocycles. The summed E-state index contributed by atoms with van der Waals surface area (Å²) in [6.07, 6.45) is 2.53. The fourth-order valence-corrected chi connectivity index (χ4v) is 4.13. The zero-order valence-corrected chi connectivity index (χ0v) is 8.18. The predicted octanol–water partition coefficient (Wildman–Crippen LogP) is 0.795. The maximum atomic E-state index is 11.2. The first-order chi connectivity index (χ1) is 5.25. The SMILES string of the molecule is CNC(=O)C(C)[Si]1=CCCC1. The molecule has 1 aliphatic heterocycles. The minimum Gasteiger partial charge on any atom is -0.359 e. The number of carbonyl (C=O) groups is 1. The molecule has 0 spiro atoms. The molecular formula is C8H15NOSi. The average Bonchev–Trinajstić information content (AvgIpc) is 2.53. The normalized spacial score (nSPS) is 19.3. The third kappa shape index (κ3) is 1.99. The molecule has 0 aliphatic carbocycles. The first-order valence-electron chi connectivity index (χ1n) is 4.16. The first-order valence-corrected chi connectivity index (χ1v) is 6.02. The third-order valence-corrected chi connectivity index (χ3v) is 5.39. The Kier molecular flexibility index (Phi) is 2.99. The summed E-state index contributed by atoms with van der Waals surface area (Å²) in [5, 5.41) is 2.71. The van der Waals surface area contributed by atoms with E-state index in [-0.39, 0.29) is 11.4 Å². The lowest BCUT2D eigenvalue weighted by Gasteiger charge is -2.09. The average molecular weight is 169 g/mol. The zero-order chi connectivity index (χ0) is 8.27. The quantitative estimate of drug-likeness (QED) is 0.609. The molecule has 0 saturated heterocycles. The molecule has 1 atom stereocenters. The van der Waals surface area contributed by atoms with Crippen LogP contribution in [0, 0.1) is 0 Å². The molecule has 1 unspecified atom stereocenters. The lowest BCUT2D eigenvalue weighted by molar-refractivity contribution is -0.120. The molecule has 0 bridgehead atoms. The number of amides is 1. The van der Waals surface area contributed by atoms with Crippen molar-refractivity contribution in [3.63, 3.8) is 0 Å². The van der Waals surface area contributed by atoms with Gasteiger partial charge in [0.1, 0.15) is 0 Å². The second kappa shape index (κ2) is 3.81. The van der Waals surface area contributed by atoms with E-state index in [0.29, 0.717) is 0 Å². The molecule has 0 aromatic rings. The summed E-state index contributed by atoms with van der Waals surface area (Å²) in [7, 11) is 1.28. The van der Waals surface area contributed by atoms with Gasteiger partial charge in [0.15, 0.2) is 0 Å². The van der Waals surface area contributed by atoms with E-state index in [1.54, 1.807) is 7.05 Å². The Labute approximate surface area is 69.2 Å². The Morgan fingerprint density at radius 2 is 2.45 bits per heavy atom. The summed E-state index contributed by atoms with van der Waals surface area (Å²) in [6.45, 7) is 2.05. The number of carbonyl (C=O) groups excluding carboxylic acids is 1. The molecule has 62 valence electrons. The van der Waals surface area contributed by atoms with Crippen molar-refractivity contribution in [2.45, 2.75) is 31.4 Å². The highest BCUT2D eigenvalue weighted by atomic mass is 28.2. The molecule has 3 heteroatoms. The molecule has 2 nitrogen and oxygen atoms in total. The van der Waals surface area contributed by atoms with Crippen LogP contribution in [0.4, 0.5) is 0 Å². The molecule has 0 aromatic carbocycles. The smallest absolute Gasteiger partial charge is 0.223 e. The van der Waals surface area contributed by atoms with Gasteiger partial charge in [0.05, 0.1) is 0 Å². The fourth-order valence-electron chi connectivity index (χ4n) is 1.47. The Morgan fingerprint density at radius 3 is 2.91 bits per heavy atom. The Bertz CT molecular complexity index is 189. The van der Waals surface area contributed by atoms with Crippen LogP contribution in [0.1, 0.15) is 19.8 Å². The van der Waals surface area contributed by atoms with Crippen molar-refractivity contribution in [2.24, 2.45) is 0 Å². The van der Waals surface area contributed by atoms with E-state index in [4.69, 9.17) is 0 Å². The molecule has 0 radical (unpaired) electrons. The topological polar surface area (TPSA) is 29.1 Å². The lowest BCUT2D eigenvalue weighted by Crippen LogP contribution is -2.27. The fraction of sp³-hybridized carbons (Fsp3) is 0.750. The second-order valence-corrected chi connectivity index (χ2v) is 5.93. The van der Waals surface area contributed by atoms with Crippen molar-refractivity contribution in [3.05, 3.63) is 0 Å². The largest absolute Gasteiger partial charge is 0.359 e. The Balaban J connectivity index is 2.52. The van der Waals surface area contributed by atoms with E-state index in [2.05, 4.69) is 17.9 Å². The van der Waals surface area contributed by atoms with Crippen molar-refractivity contribution in [3.8, 4) is 0 Å². The Morgan fingerprint density at radius 1 is 1.73 bits per heavy atom. The summed E-state index contributed by atoms with van der Waals surface area (Å²) in [5.41, 5.74) is 2.65. The minimum atomic E-state index is -0.438. The van der Waals surface area contributed by atoms with Crippen LogP contribution in [-0.4, -0.2) is 27.0 Å². The van der Waals surface area contributed by atoms with Gasteiger partial charge in [-0.15, -0.1) is 5.67 Å². The summed E-state index contributed by atoms with van der Waals surface area (Å²) in [5.74, 6) is 0.219. The third-order valence-electron chi connectivity index (χ3n) is 2.27. The van der Waals surface area contributed by atoms with Crippen LogP contribution in [0.5, 0.6) is 0 Å². The minimum absolute atomic E-state index is 0.219. The molecule has 0 saturated carbocycles. The van der Waals surface area contributed by atoms with Gasteiger partial charge in [0.2, 0.25) is 5.91 Å². The molecule has 1 N–H and O–H groups in total. The van der Waals surface area contributed by atoms with Crippen molar-refractivity contribution in [2.75, 3.05) is 7.05 Å². The maximum absolute atomic E-state index is 11.2. The summed E-state index contributed by atoms with van der Waals surface area (Å²) in [6, 6.07) is 1.29. The van der Waals surface area contributed by atoms with Crippen molar-refractivity contribution < 1.29 is 4.79 Å². The molecule has 1 rings (SSSR count). The van der Waals surface area contributed by atoms with E-state index < -0.39 is 8.41 Å². The van der Waals surface area contributed by atoms with Gasteiger partial charge in [0.25, 0.3) is 0 Å². The van der Waals surface area contributed by atoms with Crippen LogP contribution in [0.2, 0.25) is 11.6 Å². The second-order valence-electron chi connectivity index (χ2n) is 3.01. The van der Waals surface area contributed by atoms with Crippen LogP contribution in [0.25, 0.3) is 0 Å². The molecule has 11 heavy (non-hydrogen) atoms. The highest BCUT2D eigenvalue weighted by molar-refractivity contribution is 6.71. The standard InChI is InChI=1S/C8H15NOSi/c1-7(8(10)9-2)11-5-3-4-6-11/h5,7H,3-4,6H2,1-2H3,(H,9,10). The first kappa shape index (κ1) is 8.65. The van der Waals surface area contributed by atoms with Gasteiger partial charge in [-0.3, -0.25) is 4.79 Å².